The monoisotopic (exact) mass is 336 g/mol. The minimum atomic E-state index is 0.171. The van der Waals surface area contributed by atoms with E-state index in [4.69, 9.17) is 11.6 Å². The number of hydrogen-bond acceptors (Lipinski definition) is 0. The number of benzene rings is 1. The van der Waals surface area contributed by atoms with E-state index in [1.807, 2.05) is 0 Å². The van der Waals surface area contributed by atoms with E-state index in [-0.39, 0.29) is 5.38 Å². The number of hydrogen-bond donors (Lipinski definition) is 0. The summed E-state index contributed by atoms with van der Waals surface area (Å²) in [5.41, 5.74) is 3.93. The van der Waals surface area contributed by atoms with E-state index >= 15 is 0 Å². The fourth-order valence-corrected chi connectivity index (χ4v) is 3.91. The summed E-state index contributed by atoms with van der Waals surface area (Å²) < 4.78 is 2.40. The average molecular weight is 338 g/mol. The second-order valence-electron chi connectivity index (χ2n) is 3.74. The van der Waals surface area contributed by atoms with Gasteiger partial charge in [0.15, 0.2) is 0 Å². The molecule has 0 saturated heterocycles. The van der Waals surface area contributed by atoms with Crippen LogP contribution < -0.4 is 0 Å². The topological polar surface area (TPSA) is 0 Å². The molecule has 2 rings (SSSR count). The first kappa shape index (κ1) is 11.0. The molecule has 0 saturated carbocycles. The molecular weight excluding hydrogens is 327 g/mol. The Hall–Kier alpha value is 0.470. The molecule has 0 N–H and O–H groups in total. The summed E-state index contributed by atoms with van der Waals surface area (Å²) in [7, 11) is 0. The molecule has 3 heteroatoms. The van der Waals surface area contributed by atoms with Gasteiger partial charge in [0.1, 0.15) is 0 Å². The molecule has 0 fully saturated rings. The van der Waals surface area contributed by atoms with Crippen molar-refractivity contribution in [3.8, 4) is 0 Å². The molecule has 0 aromatic heterocycles. The lowest BCUT2D eigenvalue weighted by atomic mass is 9.90. The first-order chi connectivity index (χ1) is 6.61. The molecule has 1 atom stereocenters. The number of alkyl halides is 1. The zero-order chi connectivity index (χ0) is 10.3. The van der Waals surface area contributed by atoms with Gasteiger partial charge in [0.25, 0.3) is 0 Å². The van der Waals surface area contributed by atoms with Crippen molar-refractivity contribution in [1.82, 2.24) is 0 Å². The van der Waals surface area contributed by atoms with Crippen LogP contribution in [0.3, 0.4) is 0 Å². The Morgan fingerprint density at radius 2 is 2.14 bits per heavy atom. The Labute approximate surface area is 106 Å². The van der Waals surface area contributed by atoms with E-state index in [1.165, 1.54) is 32.1 Å². The highest BCUT2D eigenvalue weighted by Gasteiger charge is 2.23. The van der Waals surface area contributed by atoms with Crippen molar-refractivity contribution in [2.45, 2.75) is 31.6 Å². The molecule has 1 aromatic rings. The predicted octanol–water partition coefficient (Wildman–Crippen LogP) is 5.14. The summed E-state index contributed by atoms with van der Waals surface area (Å²) in [6, 6.07) is 2.16. The maximum absolute atomic E-state index is 6.35. The molecule has 0 nitrogen and oxygen atoms in total. The van der Waals surface area contributed by atoms with E-state index in [2.05, 4.69) is 44.8 Å². The molecule has 0 amide bonds. The summed E-state index contributed by atoms with van der Waals surface area (Å²) in [5.74, 6) is 0. The number of halogens is 3. The third kappa shape index (κ3) is 1.77. The van der Waals surface area contributed by atoms with Gasteiger partial charge in [0, 0.05) is 8.95 Å². The molecule has 14 heavy (non-hydrogen) atoms. The lowest BCUT2D eigenvalue weighted by Crippen LogP contribution is -2.08. The molecule has 0 spiro atoms. The van der Waals surface area contributed by atoms with Crippen LogP contribution in [0.25, 0.3) is 0 Å². The molecule has 76 valence electrons. The summed E-state index contributed by atoms with van der Waals surface area (Å²) in [6.45, 7) is 2.10. The second kappa shape index (κ2) is 4.15. The third-order valence-electron chi connectivity index (χ3n) is 2.74. The summed E-state index contributed by atoms with van der Waals surface area (Å²) in [6.07, 6.45) is 3.41. The van der Waals surface area contributed by atoms with Crippen molar-refractivity contribution in [3.63, 3.8) is 0 Å². The quantitative estimate of drug-likeness (QED) is 0.575. The molecular formula is C11H11Br2Cl. The van der Waals surface area contributed by atoms with Crippen LogP contribution in [0.4, 0.5) is 0 Å². The third-order valence-corrected chi connectivity index (χ3v) is 4.93. The fraction of sp³-hybridized carbons (Fsp3) is 0.455. The molecule has 1 unspecified atom stereocenters. The first-order valence-corrected chi connectivity index (χ1v) is 6.75. The maximum atomic E-state index is 6.35. The predicted molar refractivity (Wildman–Crippen MR) is 68.1 cm³/mol. The van der Waals surface area contributed by atoms with Crippen LogP contribution in [0.1, 0.15) is 34.9 Å². The van der Waals surface area contributed by atoms with Crippen molar-refractivity contribution in [1.29, 1.82) is 0 Å². The van der Waals surface area contributed by atoms with E-state index in [9.17, 15) is 0 Å². The van der Waals surface area contributed by atoms with E-state index in [1.54, 1.807) is 0 Å². The van der Waals surface area contributed by atoms with Crippen LogP contribution in [-0.2, 0) is 6.42 Å². The number of fused-ring (bicyclic) bond motifs is 1. The maximum Gasteiger partial charge on any atom is 0.0599 e. The molecule has 1 aromatic carbocycles. The van der Waals surface area contributed by atoms with Crippen molar-refractivity contribution >= 4 is 43.5 Å². The van der Waals surface area contributed by atoms with Gasteiger partial charge in [0.05, 0.1) is 5.38 Å². The minimum Gasteiger partial charge on any atom is -0.118 e. The summed E-state index contributed by atoms with van der Waals surface area (Å²) in [5, 5.41) is 0.171. The van der Waals surface area contributed by atoms with Gasteiger partial charge < -0.3 is 0 Å². The Kier molecular flexibility index (Phi) is 3.25. The van der Waals surface area contributed by atoms with Crippen LogP contribution >= 0.6 is 43.5 Å². The highest BCUT2D eigenvalue weighted by Crippen LogP contribution is 2.43. The van der Waals surface area contributed by atoms with Crippen molar-refractivity contribution in [2.75, 3.05) is 0 Å². The molecule has 0 heterocycles. The van der Waals surface area contributed by atoms with Crippen molar-refractivity contribution in [3.05, 3.63) is 31.7 Å². The van der Waals surface area contributed by atoms with Crippen molar-refractivity contribution in [2.24, 2.45) is 0 Å². The summed E-state index contributed by atoms with van der Waals surface area (Å²) in [4.78, 5) is 0. The second-order valence-corrected chi connectivity index (χ2v) is 5.92. The molecule has 1 aliphatic carbocycles. The highest BCUT2D eigenvalue weighted by molar-refractivity contribution is 9.11. The van der Waals surface area contributed by atoms with Gasteiger partial charge in [-0.3, -0.25) is 0 Å². The fourth-order valence-electron chi connectivity index (χ4n) is 2.00. The number of aryl methyl sites for hydroxylation is 1. The first-order valence-electron chi connectivity index (χ1n) is 4.72. The standard InChI is InChI=1S/C11H11Br2Cl/c1-6-5-8(12)7-3-2-4-9(14)10(7)11(6)13/h5,9H,2-4H2,1H3. The van der Waals surface area contributed by atoms with Crippen molar-refractivity contribution < 1.29 is 0 Å². The largest absolute Gasteiger partial charge is 0.118 e. The van der Waals surface area contributed by atoms with Crippen LogP contribution in [-0.4, -0.2) is 0 Å². The van der Waals surface area contributed by atoms with Crippen LogP contribution in [0.2, 0.25) is 0 Å². The van der Waals surface area contributed by atoms with Gasteiger partial charge in [-0.2, -0.15) is 0 Å². The summed E-state index contributed by atoms with van der Waals surface area (Å²) >= 11 is 13.6. The Morgan fingerprint density at radius 1 is 1.43 bits per heavy atom. The zero-order valence-electron chi connectivity index (χ0n) is 7.91. The average Bonchev–Trinajstić information content (AvgIpc) is 2.14. The van der Waals surface area contributed by atoms with Crippen LogP contribution in [0, 0.1) is 6.92 Å². The highest BCUT2D eigenvalue weighted by atomic mass is 79.9. The van der Waals surface area contributed by atoms with Gasteiger partial charge in [-0.1, -0.05) is 31.9 Å². The van der Waals surface area contributed by atoms with Gasteiger partial charge >= 0.3 is 0 Å². The van der Waals surface area contributed by atoms with Gasteiger partial charge in [-0.25, -0.2) is 0 Å². The number of rotatable bonds is 0. The van der Waals surface area contributed by atoms with E-state index < -0.39 is 0 Å². The Morgan fingerprint density at radius 3 is 2.86 bits per heavy atom. The Bertz CT molecular complexity index is 374. The van der Waals surface area contributed by atoms with Crippen LogP contribution in [0.15, 0.2) is 15.0 Å². The van der Waals surface area contributed by atoms with E-state index in [0.29, 0.717) is 0 Å². The van der Waals surface area contributed by atoms with E-state index in [0.717, 1.165) is 12.8 Å². The molecule has 0 bridgehead atoms. The normalized spacial score (nSPS) is 20.7. The Balaban J connectivity index is 2.67. The van der Waals surface area contributed by atoms with Gasteiger partial charge in [-0.15, -0.1) is 11.6 Å². The zero-order valence-corrected chi connectivity index (χ0v) is 11.8. The molecule has 1 aliphatic rings. The van der Waals surface area contributed by atoms with Gasteiger partial charge in [0.2, 0.25) is 0 Å². The minimum absolute atomic E-state index is 0.171. The lowest BCUT2D eigenvalue weighted by molar-refractivity contribution is 0.662. The van der Waals surface area contributed by atoms with Gasteiger partial charge in [-0.05, 0) is 48.9 Å². The molecule has 0 radical (unpaired) electrons. The lowest BCUT2D eigenvalue weighted by Gasteiger charge is -2.24. The molecule has 0 aliphatic heterocycles. The SMILES string of the molecule is Cc1cc(Br)c2c(c1Br)C(Cl)CCC2. The smallest absolute Gasteiger partial charge is 0.0599 e. The van der Waals surface area contributed by atoms with Crippen LogP contribution in [0.5, 0.6) is 0 Å².